The Balaban J connectivity index is 1.32. The van der Waals surface area contributed by atoms with Crippen LogP contribution < -0.4 is 14.8 Å². The summed E-state index contributed by atoms with van der Waals surface area (Å²) >= 11 is 0. The zero-order chi connectivity index (χ0) is 20.1. The van der Waals surface area contributed by atoms with E-state index >= 15 is 0 Å². The Morgan fingerprint density at radius 3 is 2.79 bits per heavy atom. The van der Waals surface area contributed by atoms with Crippen molar-refractivity contribution in [3.8, 4) is 11.5 Å². The van der Waals surface area contributed by atoms with Crippen LogP contribution in [0, 0.1) is 0 Å². The molecule has 1 aliphatic rings. The number of anilines is 1. The number of nitrogens with one attached hydrogen (secondary N) is 1. The quantitative estimate of drug-likeness (QED) is 0.532. The van der Waals surface area contributed by atoms with Crippen molar-refractivity contribution in [1.82, 2.24) is 4.98 Å². The van der Waals surface area contributed by atoms with E-state index in [9.17, 15) is 9.59 Å². The number of rotatable bonds is 5. The Kier molecular flexibility index (Phi) is 5.38. The van der Waals surface area contributed by atoms with Gasteiger partial charge in [0.25, 0.3) is 5.91 Å². The first-order chi connectivity index (χ1) is 14.2. The fourth-order valence-corrected chi connectivity index (χ4v) is 2.92. The minimum atomic E-state index is -0.616. The van der Waals surface area contributed by atoms with Crippen LogP contribution in [0.1, 0.15) is 5.56 Å². The maximum absolute atomic E-state index is 12.0. The first kappa shape index (κ1) is 18.5. The molecule has 7 heteroatoms. The van der Waals surface area contributed by atoms with Gasteiger partial charge in [-0.15, -0.1) is 0 Å². The second-order valence-corrected chi connectivity index (χ2v) is 6.27. The van der Waals surface area contributed by atoms with E-state index in [0.29, 0.717) is 30.4 Å². The lowest BCUT2D eigenvalue weighted by Crippen LogP contribution is -2.20. The van der Waals surface area contributed by atoms with Crippen LogP contribution in [-0.2, 0) is 14.3 Å². The zero-order valence-electron chi connectivity index (χ0n) is 15.5. The molecule has 0 aliphatic carbocycles. The lowest BCUT2D eigenvalue weighted by molar-refractivity contribution is -0.142. The smallest absolute Gasteiger partial charge is 0.331 e. The van der Waals surface area contributed by atoms with Crippen molar-refractivity contribution < 1.29 is 23.8 Å². The van der Waals surface area contributed by atoms with Gasteiger partial charge < -0.3 is 19.5 Å². The lowest BCUT2D eigenvalue weighted by Gasteiger charge is -2.18. The molecule has 1 aliphatic heterocycles. The highest BCUT2D eigenvalue weighted by Gasteiger charge is 2.13. The van der Waals surface area contributed by atoms with Gasteiger partial charge in [-0.25, -0.2) is 4.79 Å². The Morgan fingerprint density at radius 2 is 1.90 bits per heavy atom. The number of nitrogens with zero attached hydrogens (tertiary/aromatic N) is 1. The van der Waals surface area contributed by atoms with Crippen molar-refractivity contribution in [2.45, 2.75) is 0 Å². The molecule has 0 saturated heterocycles. The van der Waals surface area contributed by atoms with Gasteiger partial charge in [-0.2, -0.15) is 0 Å². The molecule has 4 rings (SSSR count). The molecular formula is C22H18N2O5. The van der Waals surface area contributed by atoms with E-state index in [2.05, 4.69) is 10.3 Å². The number of aromatic nitrogens is 1. The van der Waals surface area contributed by atoms with Gasteiger partial charge in [-0.3, -0.25) is 9.78 Å². The fourth-order valence-electron chi connectivity index (χ4n) is 2.92. The maximum atomic E-state index is 12.0. The lowest BCUT2D eigenvalue weighted by atomic mass is 10.1. The predicted molar refractivity (Wildman–Crippen MR) is 108 cm³/mol. The Hall–Kier alpha value is -3.87. The third-order valence-corrected chi connectivity index (χ3v) is 4.23. The number of fused-ring (bicyclic) bond motifs is 2. The van der Waals surface area contributed by atoms with Gasteiger partial charge in [-0.1, -0.05) is 24.3 Å². The number of pyridine rings is 1. The normalized spacial score (nSPS) is 12.7. The molecule has 1 aromatic heterocycles. The van der Waals surface area contributed by atoms with E-state index < -0.39 is 18.5 Å². The monoisotopic (exact) mass is 390 g/mol. The van der Waals surface area contributed by atoms with Crippen LogP contribution in [0.4, 0.5) is 5.69 Å². The third-order valence-electron chi connectivity index (χ3n) is 4.23. The predicted octanol–water partition coefficient (Wildman–Crippen LogP) is 3.20. The van der Waals surface area contributed by atoms with Crippen LogP contribution in [0.15, 0.2) is 60.8 Å². The zero-order valence-corrected chi connectivity index (χ0v) is 15.5. The molecule has 0 unspecified atom stereocenters. The molecule has 2 aromatic carbocycles. The van der Waals surface area contributed by atoms with Crippen LogP contribution in [0.2, 0.25) is 0 Å². The molecule has 0 saturated carbocycles. The minimum absolute atomic E-state index is 0.397. The maximum Gasteiger partial charge on any atom is 0.331 e. The number of para-hydroxylation sites is 1. The van der Waals surface area contributed by atoms with Crippen LogP contribution in [0.25, 0.3) is 17.0 Å². The van der Waals surface area contributed by atoms with Gasteiger partial charge in [0.15, 0.2) is 18.1 Å². The van der Waals surface area contributed by atoms with Crippen LogP contribution in [0.3, 0.4) is 0 Å². The molecule has 0 spiro atoms. The second-order valence-electron chi connectivity index (χ2n) is 6.27. The fraction of sp³-hybridized carbons (Fsp3) is 0.136. The number of esters is 1. The van der Waals surface area contributed by atoms with E-state index in [-0.39, 0.29) is 0 Å². The number of ether oxygens (including phenoxy) is 3. The first-order valence-corrected chi connectivity index (χ1v) is 9.07. The van der Waals surface area contributed by atoms with Gasteiger partial charge in [0.1, 0.15) is 13.2 Å². The second kappa shape index (κ2) is 8.43. The van der Waals surface area contributed by atoms with Gasteiger partial charge in [0.2, 0.25) is 0 Å². The Morgan fingerprint density at radius 1 is 1.07 bits per heavy atom. The Bertz CT molecular complexity index is 1090. The number of carbonyl (C=O) groups excluding carboxylic acids is 2. The highest BCUT2D eigenvalue weighted by molar-refractivity contribution is 5.96. The van der Waals surface area contributed by atoms with Crippen LogP contribution >= 0.6 is 0 Å². The molecule has 3 aromatic rings. The van der Waals surface area contributed by atoms with Gasteiger partial charge in [-0.05, 0) is 24.3 Å². The van der Waals surface area contributed by atoms with Crippen molar-refractivity contribution in [3.05, 3.63) is 66.4 Å². The standard InChI is InChI=1S/C22H18N2O5/c25-20(24-17-7-8-18-19(13-17)28-12-11-27-18)14-29-21(26)9-6-16-4-1-3-15-5-2-10-23-22(15)16/h1-10,13H,11-12,14H2,(H,24,25)/b9-6+. The van der Waals surface area contributed by atoms with E-state index in [4.69, 9.17) is 14.2 Å². The van der Waals surface area contributed by atoms with E-state index in [1.165, 1.54) is 6.08 Å². The summed E-state index contributed by atoms with van der Waals surface area (Å²) in [5, 5.41) is 3.63. The largest absolute Gasteiger partial charge is 0.486 e. The first-order valence-electron chi connectivity index (χ1n) is 9.07. The molecule has 0 fully saturated rings. The number of amides is 1. The molecule has 0 atom stereocenters. The van der Waals surface area contributed by atoms with Gasteiger partial charge >= 0.3 is 5.97 Å². The molecule has 29 heavy (non-hydrogen) atoms. The van der Waals surface area contributed by atoms with Gasteiger partial charge in [0, 0.05) is 35.0 Å². The van der Waals surface area contributed by atoms with Gasteiger partial charge in [0.05, 0.1) is 5.52 Å². The molecule has 0 radical (unpaired) electrons. The van der Waals surface area contributed by atoms with Crippen LogP contribution in [-0.4, -0.2) is 36.7 Å². The van der Waals surface area contributed by atoms with Crippen molar-refractivity contribution in [3.63, 3.8) is 0 Å². The molecule has 1 amide bonds. The number of carbonyl (C=O) groups is 2. The summed E-state index contributed by atoms with van der Waals surface area (Å²) in [4.78, 5) is 28.3. The van der Waals surface area contributed by atoms with E-state index in [1.807, 2.05) is 30.3 Å². The highest BCUT2D eigenvalue weighted by atomic mass is 16.6. The summed E-state index contributed by atoms with van der Waals surface area (Å²) in [6.45, 7) is 0.559. The van der Waals surface area contributed by atoms with E-state index in [0.717, 1.165) is 16.5 Å². The number of hydrogen-bond donors (Lipinski definition) is 1. The number of hydrogen-bond acceptors (Lipinski definition) is 6. The highest BCUT2D eigenvalue weighted by Crippen LogP contribution is 2.32. The summed E-state index contributed by atoms with van der Waals surface area (Å²) in [5.74, 6) is 0.136. The molecule has 2 heterocycles. The molecule has 7 nitrogen and oxygen atoms in total. The molecular weight excluding hydrogens is 372 g/mol. The topological polar surface area (TPSA) is 86.8 Å². The summed E-state index contributed by atoms with van der Waals surface area (Å²) in [7, 11) is 0. The molecule has 1 N–H and O–H groups in total. The number of benzene rings is 2. The van der Waals surface area contributed by atoms with E-state index in [1.54, 1.807) is 30.5 Å². The SMILES string of the molecule is O=C(COC(=O)/C=C/c1cccc2cccnc12)Nc1ccc2c(c1)OCCO2. The summed E-state index contributed by atoms with van der Waals surface area (Å²) < 4.78 is 15.9. The van der Waals surface area contributed by atoms with Crippen LogP contribution in [0.5, 0.6) is 11.5 Å². The van der Waals surface area contributed by atoms with Crippen molar-refractivity contribution in [2.24, 2.45) is 0 Å². The average molecular weight is 390 g/mol. The molecule has 0 bridgehead atoms. The minimum Gasteiger partial charge on any atom is -0.486 e. The third kappa shape index (κ3) is 4.52. The van der Waals surface area contributed by atoms with Crippen molar-refractivity contribution in [1.29, 1.82) is 0 Å². The molecule has 146 valence electrons. The average Bonchev–Trinajstić information content (AvgIpc) is 2.76. The Labute approximate surface area is 166 Å². The summed E-state index contributed by atoms with van der Waals surface area (Å²) in [6.07, 6.45) is 4.59. The summed E-state index contributed by atoms with van der Waals surface area (Å²) in [5.41, 5.74) is 2.11. The van der Waals surface area contributed by atoms with Crippen molar-refractivity contribution >= 4 is 34.5 Å². The van der Waals surface area contributed by atoms with Crippen molar-refractivity contribution in [2.75, 3.05) is 25.1 Å². The summed E-state index contributed by atoms with van der Waals surface area (Å²) in [6, 6.07) is 14.6.